The van der Waals surface area contributed by atoms with Gasteiger partial charge in [-0.2, -0.15) is 0 Å². The van der Waals surface area contributed by atoms with Gasteiger partial charge >= 0.3 is 0 Å². The lowest BCUT2D eigenvalue weighted by molar-refractivity contribution is 0.608. The van der Waals surface area contributed by atoms with Crippen molar-refractivity contribution in [2.75, 3.05) is 0 Å². The van der Waals surface area contributed by atoms with Crippen LogP contribution in [0.2, 0.25) is 0 Å². The van der Waals surface area contributed by atoms with Crippen LogP contribution in [0.1, 0.15) is 0 Å². The summed E-state index contributed by atoms with van der Waals surface area (Å²) in [5.41, 5.74) is -0.697. The van der Waals surface area contributed by atoms with E-state index in [0.717, 1.165) is 0 Å². The van der Waals surface area contributed by atoms with E-state index in [4.69, 9.17) is 10.7 Å². The molecule has 0 unspecified atom stereocenters. The maximum atomic E-state index is 11.0. The molecule has 4 nitrogen and oxygen atoms in total. The SMILES string of the molecule is O=c1[nH]c(I)ccc1S(=O)(=O)Cl. The van der Waals surface area contributed by atoms with Crippen LogP contribution in [0, 0.1) is 3.70 Å². The summed E-state index contributed by atoms with van der Waals surface area (Å²) in [6.45, 7) is 0. The Morgan fingerprint density at radius 1 is 1.42 bits per heavy atom. The topological polar surface area (TPSA) is 67.0 Å². The molecule has 0 bridgehead atoms. The average Bonchev–Trinajstić information content (AvgIpc) is 1.83. The molecule has 0 aliphatic carbocycles. The maximum Gasteiger partial charge on any atom is 0.268 e. The van der Waals surface area contributed by atoms with Crippen LogP contribution in [0.5, 0.6) is 0 Å². The largest absolute Gasteiger partial charge is 0.316 e. The van der Waals surface area contributed by atoms with Gasteiger partial charge in [0.1, 0.15) is 4.90 Å². The van der Waals surface area contributed by atoms with E-state index in [9.17, 15) is 13.2 Å². The van der Waals surface area contributed by atoms with Crippen molar-refractivity contribution < 1.29 is 8.42 Å². The zero-order valence-electron chi connectivity index (χ0n) is 5.54. The average molecular weight is 320 g/mol. The van der Waals surface area contributed by atoms with Gasteiger partial charge < -0.3 is 4.98 Å². The Labute approximate surface area is 86.5 Å². The van der Waals surface area contributed by atoms with Crippen molar-refractivity contribution in [3.8, 4) is 0 Å². The summed E-state index contributed by atoms with van der Waals surface area (Å²) in [6.07, 6.45) is 0. The van der Waals surface area contributed by atoms with Crippen LogP contribution in [0.4, 0.5) is 0 Å². The van der Waals surface area contributed by atoms with Crippen LogP contribution in [0.3, 0.4) is 0 Å². The molecule has 7 heteroatoms. The van der Waals surface area contributed by atoms with Crippen LogP contribution in [-0.2, 0) is 9.05 Å². The highest BCUT2D eigenvalue weighted by Crippen LogP contribution is 2.09. The Morgan fingerprint density at radius 3 is 2.42 bits per heavy atom. The molecule has 1 N–H and O–H groups in total. The zero-order valence-corrected chi connectivity index (χ0v) is 9.27. The van der Waals surface area contributed by atoms with Crippen molar-refractivity contribution in [3.63, 3.8) is 0 Å². The Morgan fingerprint density at radius 2 is 2.00 bits per heavy atom. The lowest BCUT2D eigenvalue weighted by atomic mass is 10.5. The summed E-state index contributed by atoms with van der Waals surface area (Å²) >= 11 is 1.86. The number of hydrogen-bond acceptors (Lipinski definition) is 3. The van der Waals surface area contributed by atoms with Gasteiger partial charge in [-0.05, 0) is 34.7 Å². The highest BCUT2D eigenvalue weighted by molar-refractivity contribution is 14.1. The molecule has 0 aliphatic rings. The Hall–Kier alpha value is -0.0800. The van der Waals surface area contributed by atoms with E-state index >= 15 is 0 Å². The summed E-state index contributed by atoms with van der Waals surface area (Å²) < 4.78 is 22.0. The molecule has 0 aliphatic heterocycles. The molecule has 0 fully saturated rings. The normalized spacial score (nSPS) is 11.5. The third-order valence-corrected chi connectivity index (χ3v) is 3.08. The maximum absolute atomic E-state index is 11.0. The quantitative estimate of drug-likeness (QED) is 0.475. The standard InChI is InChI=1S/C5H3ClINO3S/c6-12(10,11)3-1-2-4(7)8-5(3)9/h1-2H,(H,8,9). The van der Waals surface area contributed by atoms with E-state index in [0.29, 0.717) is 3.70 Å². The second-order valence-corrected chi connectivity index (χ2v) is 5.63. The molecular formula is C5H3ClINO3S. The molecule has 1 aromatic rings. The number of pyridine rings is 1. The van der Waals surface area contributed by atoms with E-state index in [1.54, 1.807) is 0 Å². The number of aromatic nitrogens is 1. The molecule has 0 amide bonds. The Kier molecular flexibility index (Phi) is 2.79. The minimum Gasteiger partial charge on any atom is -0.316 e. The van der Waals surface area contributed by atoms with Gasteiger partial charge in [-0.1, -0.05) is 0 Å². The van der Waals surface area contributed by atoms with Crippen LogP contribution < -0.4 is 5.56 Å². The molecule has 1 heterocycles. The lowest BCUT2D eigenvalue weighted by Crippen LogP contribution is -2.14. The highest BCUT2D eigenvalue weighted by Gasteiger charge is 2.14. The first-order valence-corrected chi connectivity index (χ1v) is 6.13. The predicted octanol–water partition coefficient (Wildman–Crippen LogP) is 0.907. The number of aromatic amines is 1. The van der Waals surface area contributed by atoms with E-state index in [1.165, 1.54) is 12.1 Å². The van der Waals surface area contributed by atoms with Gasteiger partial charge in [-0.25, -0.2) is 8.42 Å². The fourth-order valence-corrected chi connectivity index (χ4v) is 1.92. The third kappa shape index (κ3) is 2.20. The number of rotatable bonds is 1. The minimum atomic E-state index is -3.93. The van der Waals surface area contributed by atoms with Crippen molar-refractivity contribution in [2.24, 2.45) is 0 Å². The molecule has 0 saturated carbocycles. The first-order valence-electron chi connectivity index (χ1n) is 2.75. The van der Waals surface area contributed by atoms with E-state index in [-0.39, 0.29) is 0 Å². The van der Waals surface area contributed by atoms with Crippen molar-refractivity contribution >= 4 is 42.3 Å². The van der Waals surface area contributed by atoms with Gasteiger partial charge in [0.05, 0.1) is 3.70 Å². The number of nitrogens with one attached hydrogen (secondary N) is 1. The molecular weight excluding hydrogens is 316 g/mol. The van der Waals surface area contributed by atoms with Gasteiger partial charge in [0, 0.05) is 10.7 Å². The number of H-pyrrole nitrogens is 1. The molecule has 0 aromatic carbocycles. The molecule has 1 rings (SSSR count). The minimum absolute atomic E-state index is 0.426. The lowest BCUT2D eigenvalue weighted by Gasteiger charge is -1.93. The summed E-state index contributed by atoms with van der Waals surface area (Å²) in [7, 11) is 1.04. The zero-order chi connectivity index (χ0) is 9.35. The highest BCUT2D eigenvalue weighted by atomic mass is 127. The fraction of sp³-hybridized carbons (Fsp3) is 0. The van der Waals surface area contributed by atoms with Crippen LogP contribution in [0.15, 0.2) is 21.8 Å². The van der Waals surface area contributed by atoms with Crippen molar-refractivity contribution in [1.29, 1.82) is 0 Å². The number of halogens is 2. The molecule has 0 saturated heterocycles. The van der Waals surface area contributed by atoms with Gasteiger partial charge in [-0.15, -0.1) is 0 Å². The second kappa shape index (κ2) is 3.35. The third-order valence-electron chi connectivity index (χ3n) is 1.10. The molecule has 0 radical (unpaired) electrons. The molecule has 0 atom stereocenters. The summed E-state index contributed by atoms with van der Waals surface area (Å²) in [4.78, 5) is 12.8. The second-order valence-electron chi connectivity index (χ2n) is 1.94. The Bertz CT molecular complexity index is 452. The van der Waals surface area contributed by atoms with Crippen LogP contribution >= 0.6 is 33.3 Å². The van der Waals surface area contributed by atoms with Gasteiger partial charge in [-0.3, -0.25) is 4.79 Å². The monoisotopic (exact) mass is 319 g/mol. The van der Waals surface area contributed by atoms with E-state index in [1.807, 2.05) is 22.6 Å². The van der Waals surface area contributed by atoms with Gasteiger partial charge in [0.2, 0.25) is 0 Å². The van der Waals surface area contributed by atoms with E-state index in [2.05, 4.69) is 4.98 Å². The first kappa shape index (κ1) is 10.0. The van der Waals surface area contributed by atoms with Crippen molar-refractivity contribution in [3.05, 3.63) is 26.2 Å². The molecule has 1 aromatic heterocycles. The molecule has 66 valence electrons. The van der Waals surface area contributed by atoms with Crippen molar-refractivity contribution in [2.45, 2.75) is 4.90 Å². The predicted molar refractivity (Wildman–Crippen MR) is 52.8 cm³/mol. The van der Waals surface area contributed by atoms with Crippen LogP contribution in [-0.4, -0.2) is 13.4 Å². The summed E-state index contributed by atoms with van der Waals surface area (Å²) in [6, 6.07) is 2.63. The van der Waals surface area contributed by atoms with E-state index < -0.39 is 19.5 Å². The summed E-state index contributed by atoms with van der Waals surface area (Å²) in [5.74, 6) is 0. The number of hydrogen-bond donors (Lipinski definition) is 1. The molecule has 12 heavy (non-hydrogen) atoms. The Balaban J connectivity index is 3.50. The molecule has 0 spiro atoms. The van der Waals surface area contributed by atoms with Gasteiger partial charge in [0.25, 0.3) is 14.6 Å². The smallest absolute Gasteiger partial charge is 0.268 e. The summed E-state index contributed by atoms with van der Waals surface area (Å²) in [5, 5.41) is 0. The fourth-order valence-electron chi connectivity index (χ4n) is 0.628. The first-order chi connectivity index (χ1) is 5.41. The van der Waals surface area contributed by atoms with Crippen LogP contribution in [0.25, 0.3) is 0 Å². The van der Waals surface area contributed by atoms with Gasteiger partial charge in [0.15, 0.2) is 0 Å². The van der Waals surface area contributed by atoms with Crippen molar-refractivity contribution in [1.82, 2.24) is 4.98 Å².